The molecule has 0 saturated carbocycles. The van der Waals surface area contributed by atoms with E-state index in [2.05, 4.69) is 26.0 Å². The molecule has 0 aromatic carbocycles. The topological polar surface area (TPSA) is 99.1 Å². The first-order valence-electron chi connectivity index (χ1n) is 19.6. The average molecular weight is 715 g/mol. The van der Waals surface area contributed by atoms with E-state index in [1.807, 2.05) is 81.9 Å². The Balaban J connectivity index is 4.50. The molecule has 290 valence electrons. The molecule has 0 aliphatic carbocycles. The van der Waals surface area contributed by atoms with Crippen LogP contribution in [0.2, 0.25) is 0 Å². The Labute approximate surface area is 311 Å². The van der Waals surface area contributed by atoms with Crippen LogP contribution in [0.25, 0.3) is 0 Å². The molecule has 0 fully saturated rings. The third kappa shape index (κ3) is 32.4. The number of esters is 2. The Kier molecular flexibility index (Phi) is 31.7. The van der Waals surface area contributed by atoms with Crippen molar-refractivity contribution >= 4 is 17.9 Å². The Morgan fingerprint density at radius 1 is 0.608 bits per heavy atom. The first-order chi connectivity index (χ1) is 24.6. The van der Waals surface area contributed by atoms with Gasteiger partial charge in [-0.15, -0.1) is 0 Å². The van der Waals surface area contributed by atoms with Crippen LogP contribution >= 0.6 is 0 Å². The minimum Gasteiger partial charge on any atom is -0.477 e. The predicted octanol–water partition coefficient (Wildman–Crippen LogP) is 10.0. The van der Waals surface area contributed by atoms with Gasteiger partial charge in [0.05, 0.1) is 34.4 Å². The highest BCUT2D eigenvalue weighted by Gasteiger charge is 2.31. The molecule has 0 spiro atoms. The molecule has 0 amide bonds. The summed E-state index contributed by atoms with van der Waals surface area (Å²) >= 11 is 0. The van der Waals surface area contributed by atoms with Crippen molar-refractivity contribution in [2.24, 2.45) is 0 Å². The van der Waals surface area contributed by atoms with E-state index in [9.17, 15) is 19.5 Å². The van der Waals surface area contributed by atoms with Crippen LogP contribution in [0.3, 0.4) is 0 Å². The molecule has 0 aliphatic rings. The van der Waals surface area contributed by atoms with Crippen LogP contribution in [0.15, 0.2) is 72.9 Å². The summed E-state index contributed by atoms with van der Waals surface area (Å²) in [6.45, 7) is 4.50. The third-order valence-corrected chi connectivity index (χ3v) is 8.28. The lowest BCUT2D eigenvalue weighted by atomic mass is 10.1. The Hall–Kier alpha value is -3.23. The third-order valence-electron chi connectivity index (χ3n) is 8.28. The number of nitrogens with zero attached hydrogens (tertiary/aromatic N) is 1. The number of rotatable bonds is 33. The van der Waals surface area contributed by atoms with Gasteiger partial charge >= 0.3 is 17.9 Å². The number of ether oxygens (including phenoxy) is 3. The van der Waals surface area contributed by atoms with Gasteiger partial charge in [-0.1, -0.05) is 151 Å². The Morgan fingerprint density at radius 3 is 1.63 bits per heavy atom. The van der Waals surface area contributed by atoms with Crippen LogP contribution in [-0.2, 0) is 28.6 Å². The summed E-state index contributed by atoms with van der Waals surface area (Å²) in [5, 5.41) is 9.58. The fourth-order valence-electron chi connectivity index (χ4n) is 5.24. The summed E-state index contributed by atoms with van der Waals surface area (Å²) in [6, 6.07) is -0.622. The number of carboxylic acids is 1. The lowest BCUT2D eigenvalue weighted by Gasteiger charge is -2.31. The van der Waals surface area contributed by atoms with E-state index in [0.29, 0.717) is 19.3 Å². The van der Waals surface area contributed by atoms with Crippen LogP contribution in [0.5, 0.6) is 0 Å². The van der Waals surface area contributed by atoms with Gasteiger partial charge < -0.3 is 23.8 Å². The second kappa shape index (κ2) is 33.9. The molecule has 0 saturated heterocycles. The van der Waals surface area contributed by atoms with Crippen molar-refractivity contribution in [1.29, 1.82) is 0 Å². The van der Waals surface area contributed by atoms with Crippen molar-refractivity contribution in [3.8, 4) is 0 Å². The fourth-order valence-corrected chi connectivity index (χ4v) is 5.24. The number of carbonyl (C=O) groups excluding carboxylic acids is 2. The van der Waals surface area contributed by atoms with Crippen LogP contribution in [0.1, 0.15) is 129 Å². The van der Waals surface area contributed by atoms with Gasteiger partial charge in [0.1, 0.15) is 6.61 Å². The van der Waals surface area contributed by atoms with Gasteiger partial charge in [0.25, 0.3) is 0 Å². The monoisotopic (exact) mass is 715 g/mol. The molecule has 8 nitrogen and oxygen atoms in total. The highest BCUT2D eigenvalue weighted by atomic mass is 16.6. The zero-order valence-electron chi connectivity index (χ0n) is 32.8. The SMILES string of the molecule is CC/C=C/C=C/C=C/C=C/C=C/C=C/CCCCCC(=O)OCC(COCCC(C(=O)O)[N+](C)(C)C)OC(=O)CCCCCCCCCCCC. The molecule has 8 heteroatoms. The summed E-state index contributed by atoms with van der Waals surface area (Å²) in [7, 11) is 5.49. The van der Waals surface area contributed by atoms with E-state index in [1.165, 1.54) is 44.9 Å². The molecular formula is C43H72NO7+. The zero-order valence-corrected chi connectivity index (χ0v) is 32.8. The number of unbranched alkanes of at least 4 members (excludes halogenated alkanes) is 12. The summed E-state index contributed by atoms with van der Waals surface area (Å²) in [4.78, 5) is 36.8. The molecule has 0 rings (SSSR count). The van der Waals surface area contributed by atoms with Gasteiger partial charge in [-0.2, -0.15) is 0 Å². The van der Waals surface area contributed by atoms with Crippen LogP contribution < -0.4 is 0 Å². The number of aliphatic carboxylic acids is 1. The van der Waals surface area contributed by atoms with Crippen molar-refractivity contribution in [3.63, 3.8) is 0 Å². The number of allylic oxidation sites excluding steroid dienone is 12. The van der Waals surface area contributed by atoms with Crippen molar-refractivity contribution in [2.75, 3.05) is 41.0 Å². The second-order valence-electron chi connectivity index (χ2n) is 14.0. The molecule has 1 N–H and O–H groups in total. The van der Waals surface area contributed by atoms with E-state index >= 15 is 0 Å². The number of hydrogen-bond donors (Lipinski definition) is 1. The molecule has 0 radical (unpaired) electrons. The molecular weight excluding hydrogens is 642 g/mol. The van der Waals surface area contributed by atoms with E-state index in [1.54, 1.807) is 0 Å². The maximum atomic E-state index is 12.6. The predicted molar refractivity (Wildman–Crippen MR) is 210 cm³/mol. The van der Waals surface area contributed by atoms with Gasteiger partial charge in [0.15, 0.2) is 12.1 Å². The maximum absolute atomic E-state index is 12.6. The number of carboxylic acid groups (broad SMARTS) is 1. The van der Waals surface area contributed by atoms with Crippen molar-refractivity contribution in [1.82, 2.24) is 0 Å². The van der Waals surface area contributed by atoms with Gasteiger partial charge in [-0.25, -0.2) is 4.79 Å². The fraction of sp³-hybridized carbons (Fsp3) is 0.651. The quantitative estimate of drug-likeness (QED) is 0.0313. The zero-order chi connectivity index (χ0) is 37.8. The summed E-state index contributed by atoms with van der Waals surface area (Å²) in [6.07, 6.45) is 40.8. The van der Waals surface area contributed by atoms with Gasteiger partial charge in [0.2, 0.25) is 0 Å². The minimum absolute atomic E-state index is 0.0437. The number of carbonyl (C=O) groups is 3. The number of likely N-dealkylation sites (N-methyl/N-ethyl adjacent to an activating group) is 1. The lowest BCUT2D eigenvalue weighted by Crippen LogP contribution is -2.50. The van der Waals surface area contributed by atoms with Crippen molar-refractivity contribution in [3.05, 3.63) is 72.9 Å². The van der Waals surface area contributed by atoms with E-state index in [-0.39, 0.29) is 36.2 Å². The second-order valence-corrected chi connectivity index (χ2v) is 14.0. The minimum atomic E-state index is -0.886. The van der Waals surface area contributed by atoms with Crippen LogP contribution in [0, 0.1) is 0 Å². The molecule has 0 aromatic rings. The van der Waals surface area contributed by atoms with Crippen molar-refractivity contribution in [2.45, 2.75) is 142 Å². The lowest BCUT2D eigenvalue weighted by molar-refractivity contribution is -0.887. The smallest absolute Gasteiger partial charge is 0.362 e. The number of hydrogen-bond acceptors (Lipinski definition) is 6. The molecule has 0 bridgehead atoms. The van der Waals surface area contributed by atoms with Crippen molar-refractivity contribution < 1.29 is 38.2 Å². The molecule has 2 unspecified atom stereocenters. The van der Waals surface area contributed by atoms with Crippen LogP contribution in [-0.4, -0.2) is 80.6 Å². The molecule has 0 aromatic heterocycles. The van der Waals surface area contributed by atoms with Gasteiger partial charge in [-0.3, -0.25) is 9.59 Å². The first-order valence-corrected chi connectivity index (χ1v) is 19.6. The van der Waals surface area contributed by atoms with Gasteiger partial charge in [-0.05, 0) is 32.1 Å². The standard InChI is InChI=1S/C43H71NO7/c1-6-8-10-12-14-16-18-19-20-21-22-23-24-26-27-29-31-33-41(45)50-38-39(37-49-36-35-40(43(47)48)44(3,4)5)51-42(46)34-32-30-28-25-17-15-13-11-9-7-2/h8,10,12,14,16,18-24,39-40H,6-7,9,11,13,15,17,25-38H2,1-5H3/p+1/b10-8+,14-12+,18-16+,20-19+,22-21+,24-23+. The highest BCUT2D eigenvalue weighted by molar-refractivity contribution is 5.72. The normalized spacial score (nSPS) is 13.8. The first kappa shape index (κ1) is 47.8. The molecule has 0 aliphatic heterocycles. The Morgan fingerprint density at radius 2 is 1.10 bits per heavy atom. The molecule has 0 heterocycles. The van der Waals surface area contributed by atoms with E-state index < -0.39 is 18.1 Å². The summed E-state index contributed by atoms with van der Waals surface area (Å²) < 4.78 is 17.1. The summed E-state index contributed by atoms with van der Waals surface area (Å²) in [5.74, 6) is -1.54. The highest BCUT2D eigenvalue weighted by Crippen LogP contribution is 2.13. The number of quaternary nitrogens is 1. The van der Waals surface area contributed by atoms with Crippen LogP contribution in [0.4, 0.5) is 0 Å². The average Bonchev–Trinajstić information content (AvgIpc) is 3.08. The van der Waals surface area contributed by atoms with E-state index in [0.717, 1.165) is 51.4 Å². The largest absolute Gasteiger partial charge is 0.477 e. The maximum Gasteiger partial charge on any atom is 0.362 e. The summed E-state index contributed by atoms with van der Waals surface area (Å²) in [5.41, 5.74) is 0. The van der Waals surface area contributed by atoms with Gasteiger partial charge in [0, 0.05) is 19.3 Å². The van der Waals surface area contributed by atoms with E-state index in [4.69, 9.17) is 14.2 Å². The molecule has 51 heavy (non-hydrogen) atoms. The Bertz CT molecular complexity index is 1060. The molecule has 2 atom stereocenters.